The van der Waals surface area contributed by atoms with Gasteiger partial charge < -0.3 is 14.9 Å². The predicted molar refractivity (Wildman–Crippen MR) is 102 cm³/mol. The van der Waals surface area contributed by atoms with Gasteiger partial charge in [0.05, 0.1) is 11.2 Å². The van der Waals surface area contributed by atoms with Gasteiger partial charge in [-0.05, 0) is 51.5 Å². The summed E-state index contributed by atoms with van der Waals surface area (Å²) in [5, 5.41) is 21.5. The third-order valence-corrected chi connectivity index (χ3v) is 6.70. The van der Waals surface area contributed by atoms with E-state index in [-0.39, 0.29) is 11.7 Å². The molecule has 146 valence electrons. The van der Waals surface area contributed by atoms with Gasteiger partial charge >= 0.3 is 0 Å². The van der Waals surface area contributed by atoms with Crippen molar-refractivity contribution in [3.63, 3.8) is 0 Å². The van der Waals surface area contributed by atoms with Crippen molar-refractivity contribution < 1.29 is 19.7 Å². The van der Waals surface area contributed by atoms with Crippen molar-refractivity contribution in [3.05, 3.63) is 22.5 Å². The normalized spacial score (nSPS) is 36.6. The maximum atomic E-state index is 13.1. The summed E-state index contributed by atoms with van der Waals surface area (Å²) in [6.45, 7) is 10.0. The molecule has 0 saturated heterocycles. The first-order valence-corrected chi connectivity index (χ1v) is 10.2. The Labute approximate surface area is 157 Å². The summed E-state index contributed by atoms with van der Waals surface area (Å²) in [6.07, 6.45) is 5.13. The van der Waals surface area contributed by atoms with Crippen LogP contribution in [0.2, 0.25) is 0 Å². The smallest absolute Gasteiger partial charge is 0.166 e. The van der Waals surface area contributed by atoms with E-state index in [1.165, 1.54) is 12.8 Å². The van der Waals surface area contributed by atoms with Crippen molar-refractivity contribution in [1.29, 1.82) is 0 Å². The number of aliphatic hydroxyl groups excluding tert-OH is 1. The summed E-state index contributed by atoms with van der Waals surface area (Å²) in [4.78, 5) is 13.1. The van der Waals surface area contributed by atoms with Gasteiger partial charge in [-0.2, -0.15) is 0 Å². The summed E-state index contributed by atoms with van der Waals surface area (Å²) in [7, 11) is 0. The molecule has 0 fully saturated rings. The lowest BCUT2D eigenvalue weighted by molar-refractivity contribution is -0.120. The summed E-state index contributed by atoms with van der Waals surface area (Å²) >= 11 is 0. The number of hydrogen-bond donors (Lipinski definition) is 2. The molecule has 0 aromatic carbocycles. The van der Waals surface area contributed by atoms with Crippen molar-refractivity contribution in [3.8, 4) is 0 Å². The van der Waals surface area contributed by atoms with Gasteiger partial charge in [0.15, 0.2) is 5.78 Å². The highest BCUT2D eigenvalue weighted by Crippen LogP contribution is 2.51. The summed E-state index contributed by atoms with van der Waals surface area (Å²) in [6, 6.07) is 0. The second kappa shape index (κ2) is 6.79. The number of ketones is 1. The molecular formula is C22H34O4. The number of carbonyl (C=O) groups is 1. The van der Waals surface area contributed by atoms with Crippen molar-refractivity contribution in [2.45, 2.75) is 96.9 Å². The maximum Gasteiger partial charge on any atom is 0.166 e. The fraction of sp³-hybridized carbons (Fsp3) is 0.773. The minimum absolute atomic E-state index is 0.0688. The Morgan fingerprint density at radius 2 is 1.92 bits per heavy atom. The predicted octanol–water partition coefficient (Wildman–Crippen LogP) is 4.06. The van der Waals surface area contributed by atoms with Gasteiger partial charge in [-0.3, -0.25) is 4.79 Å². The molecule has 0 bridgehead atoms. The van der Waals surface area contributed by atoms with Crippen molar-refractivity contribution >= 4 is 5.78 Å². The Morgan fingerprint density at radius 1 is 1.23 bits per heavy atom. The van der Waals surface area contributed by atoms with Crippen LogP contribution >= 0.6 is 0 Å². The highest BCUT2D eigenvalue weighted by Gasteiger charge is 2.51. The van der Waals surface area contributed by atoms with Crippen LogP contribution in [0.3, 0.4) is 0 Å². The van der Waals surface area contributed by atoms with E-state index in [2.05, 4.69) is 13.8 Å². The van der Waals surface area contributed by atoms with E-state index in [0.717, 1.165) is 24.2 Å². The van der Waals surface area contributed by atoms with Gasteiger partial charge in [-0.15, -0.1) is 0 Å². The van der Waals surface area contributed by atoms with E-state index in [1.807, 2.05) is 13.8 Å². The third kappa shape index (κ3) is 3.16. The fourth-order valence-electron chi connectivity index (χ4n) is 4.91. The minimum atomic E-state index is -1.20. The first kappa shape index (κ1) is 19.6. The minimum Gasteiger partial charge on any atom is -0.487 e. The molecule has 2 aliphatic carbocycles. The zero-order valence-electron chi connectivity index (χ0n) is 16.9. The van der Waals surface area contributed by atoms with Crippen LogP contribution in [0.15, 0.2) is 22.5 Å². The molecule has 4 nitrogen and oxygen atoms in total. The number of hydrogen-bond acceptors (Lipinski definition) is 4. The molecule has 0 saturated carbocycles. The number of carbonyl (C=O) groups excluding carboxylic acids is 1. The SMILES string of the molecule is CCCCCC1CC(=O)C2=C(OC(C)(C)C3=C2C(O)C(C)(O)CC3)C1C. The Morgan fingerprint density at radius 3 is 2.58 bits per heavy atom. The molecule has 0 spiro atoms. The number of ether oxygens (including phenoxy) is 1. The second-order valence-corrected chi connectivity index (χ2v) is 9.18. The zero-order chi connectivity index (χ0) is 19.3. The Kier molecular flexibility index (Phi) is 5.13. The highest BCUT2D eigenvalue weighted by molar-refractivity contribution is 6.02. The lowest BCUT2D eigenvalue weighted by Gasteiger charge is -2.48. The van der Waals surface area contributed by atoms with Gasteiger partial charge in [-0.1, -0.05) is 33.1 Å². The molecule has 4 heteroatoms. The van der Waals surface area contributed by atoms with Gasteiger partial charge in [0, 0.05) is 17.9 Å². The van der Waals surface area contributed by atoms with E-state index in [4.69, 9.17) is 4.74 Å². The summed E-state index contributed by atoms with van der Waals surface area (Å²) < 4.78 is 6.39. The lowest BCUT2D eigenvalue weighted by Crippen LogP contribution is -2.51. The first-order valence-electron chi connectivity index (χ1n) is 10.2. The molecule has 0 aromatic rings. The van der Waals surface area contributed by atoms with Crippen LogP contribution in [0.5, 0.6) is 0 Å². The number of Topliss-reactive ketones (excluding diaryl/α,β-unsaturated/α-hetero) is 1. The van der Waals surface area contributed by atoms with E-state index in [9.17, 15) is 15.0 Å². The number of fused-ring (bicyclic) bond motifs is 1. The fourth-order valence-corrected chi connectivity index (χ4v) is 4.91. The van der Waals surface area contributed by atoms with Crippen molar-refractivity contribution in [2.24, 2.45) is 11.8 Å². The van der Waals surface area contributed by atoms with E-state index < -0.39 is 17.3 Å². The van der Waals surface area contributed by atoms with Crippen molar-refractivity contribution in [2.75, 3.05) is 0 Å². The van der Waals surface area contributed by atoms with E-state index in [0.29, 0.717) is 36.3 Å². The molecule has 4 atom stereocenters. The quantitative estimate of drug-likeness (QED) is 0.740. The average Bonchev–Trinajstić information content (AvgIpc) is 2.55. The van der Waals surface area contributed by atoms with Crippen LogP contribution in [-0.2, 0) is 9.53 Å². The second-order valence-electron chi connectivity index (χ2n) is 9.18. The molecule has 0 aromatic heterocycles. The first-order chi connectivity index (χ1) is 12.1. The largest absolute Gasteiger partial charge is 0.487 e. The highest BCUT2D eigenvalue weighted by atomic mass is 16.5. The standard InChI is InChI=1S/C22H34O4/c1-6-7-8-9-14-12-16(23)18-17-15(10-11-22(5,25)20(17)24)21(3,4)26-19(18)13(14)2/h13-14,20,24-25H,6-12H2,1-5H3. The van der Waals surface area contributed by atoms with E-state index >= 15 is 0 Å². The molecule has 3 rings (SSSR count). The Bertz CT molecular complexity index is 653. The number of rotatable bonds is 4. The molecule has 2 N–H and O–H groups in total. The van der Waals surface area contributed by atoms with Crippen LogP contribution in [0.25, 0.3) is 0 Å². The van der Waals surface area contributed by atoms with Crippen LogP contribution in [-0.4, -0.2) is 33.3 Å². The van der Waals surface area contributed by atoms with Crippen molar-refractivity contribution in [1.82, 2.24) is 0 Å². The Hall–Kier alpha value is -1.13. The lowest BCUT2D eigenvalue weighted by atomic mass is 9.66. The van der Waals surface area contributed by atoms with Crippen LogP contribution < -0.4 is 0 Å². The maximum absolute atomic E-state index is 13.1. The molecule has 3 aliphatic rings. The molecule has 4 unspecified atom stereocenters. The third-order valence-electron chi connectivity index (χ3n) is 6.70. The molecule has 0 amide bonds. The van der Waals surface area contributed by atoms with Gasteiger partial charge in [0.25, 0.3) is 0 Å². The van der Waals surface area contributed by atoms with E-state index in [1.54, 1.807) is 6.92 Å². The topological polar surface area (TPSA) is 66.8 Å². The number of unbranched alkanes of at least 4 members (excludes halogenated alkanes) is 2. The number of aliphatic hydroxyl groups is 2. The average molecular weight is 363 g/mol. The van der Waals surface area contributed by atoms with Crippen LogP contribution in [0.4, 0.5) is 0 Å². The molecular weight excluding hydrogens is 328 g/mol. The summed E-state index contributed by atoms with van der Waals surface area (Å²) in [5.74, 6) is 1.27. The molecule has 0 radical (unpaired) electrons. The Balaban J connectivity index is 2.03. The van der Waals surface area contributed by atoms with Crippen LogP contribution in [0, 0.1) is 11.8 Å². The van der Waals surface area contributed by atoms with Gasteiger partial charge in [0.1, 0.15) is 17.5 Å². The van der Waals surface area contributed by atoms with Gasteiger partial charge in [0.2, 0.25) is 0 Å². The monoisotopic (exact) mass is 362 g/mol. The summed E-state index contributed by atoms with van der Waals surface area (Å²) in [5.41, 5.74) is 0.430. The van der Waals surface area contributed by atoms with Crippen LogP contribution in [0.1, 0.15) is 79.6 Å². The number of allylic oxidation sites excluding steroid dienone is 1. The molecule has 1 aliphatic heterocycles. The van der Waals surface area contributed by atoms with Gasteiger partial charge in [-0.25, -0.2) is 0 Å². The zero-order valence-corrected chi connectivity index (χ0v) is 16.9. The molecule has 26 heavy (non-hydrogen) atoms. The molecule has 1 heterocycles.